The summed E-state index contributed by atoms with van der Waals surface area (Å²) >= 11 is 5.00. The SMILES string of the molecule is COC(=O)[C@@]1([C@@H]2CCCCCCC2=O)NC(=S)NC(=O)[C@H]1C#N. The molecule has 2 rings (SSSR count). The van der Waals surface area contributed by atoms with Crippen LogP contribution in [0.4, 0.5) is 0 Å². The molecule has 124 valence electrons. The smallest absolute Gasteiger partial charge is 0.334 e. The first-order valence-corrected chi connectivity index (χ1v) is 8.02. The number of rotatable bonds is 2. The third-order valence-electron chi connectivity index (χ3n) is 4.53. The first-order valence-electron chi connectivity index (χ1n) is 7.61. The van der Waals surface area contributed by atoms with E-state index >= 15 is 0 Å². The van der Waals surface area contributed by atoms with Crippen LogP contribution in [0.15, 0.2) is 0 Å². The molecule has 7 nitrogen and oxygen atoms in total. The van der Waals surface area contributed by atoms with Crippen molar-refractivity contribution in [2.45, 2.75) is 44.1 Å². The molecular weight excluding hydrogens is 318 g/mol. The van der Waals surface area contributed by atoms with E-state index in [1.807, 2.05) is 6.07 Å². The van der Waals surface area contributed by atoms with Crippen molar-refractivity contribution in [2.24, 2.45) is 11.8 Å². The minimum absolute atomic E-state index is 0.0678. The van der Waals surface area contributed by atoms with Gasteiger partial charge >= 0.3 is 5.97 Å². The molecule has 0 radical (unpaired) electrons. The molecule has 1 aliphatic carbocycles. The predicted octanol–water partition coefficient (Wildman–Crippen LogP) is 0.582. The Bertz CT molecular complexity index is 586. The molecule has 23 heavy (non-hydrogen) atoms. The van der Waals surface area contributed by atoms with Crippen molar-refractivity contribution in [3.63, 3.8) is 0 Å². The molecule has 8 heteroatoms. The number of methoxy groups -OCH3 is 1. The summed E-state index contributed by atoms with van der Waals surface area (Å²) in [5.41, 5.74) is -1.75. The second-order valence-electron chi connectivity index (χ2n) is 5.84. The number of thiocarbonyl (C=S) groups is 1. The lowest BCUT2D eigenvalue weighted by Crippen LogP contribution is -2.73. The summed E-state index contributed by atoms with van der Waals surface area (Å²) in [6.45, 7) is 0. The first kappa shape index (κ1) is 17.3. The van der Waals surface area contributed by atoms with Crippen LogP contribution < -0.4 is 10.6 Å². The number of esters is 1. The highest BCUT2D eigenvalue weighted by Gasteiger charge is 2.60. The Morgan fingerprint density at radius 2 is 2.04 bits per heavy atom. The summed E-state index contributed by atoms with van der Waals surface area (Å²) in [4.78, 5) is 37.4. The van der Waals surface area contributed by atoms with Crippen LogP contribution in [0.1, 0.15) is 38.5 Å². The highest BCUT2D eigenvalue weighted by atomic mass is 32.1. The van der Waals surface area contributed by atoms with Gasteiger partial charge in [-0.3, -0.25) is 9.59 Å². The van der Waals surface area contributed by atoms with E-state index in [9.17, 15) is 19.6 Å². The third kappa shape index (κ3) is 3.06. The van der Waals surface area contributed by atoms with Gasteiger partial charge in [0.2, 0.25) is 5.91 Å². The number of ether oxygens (including phenoxy) is 1. The van der Waals surface area contributed by atoms with Gasteiger partial charge in [-0.15, -0.1) is 0 Å². The van der Waals surface area contributed by atoms with E-state index in [-0.39, 0.29) is 10.9 Å². The van der Waals surface area contributed by atoms with Gasteiger partial charge in [-0.25, -0.2) is 4.79 Å². The number of ketones is 1. The fourth-order valence-electron chi connectivity index (χ4n) is 3.43. The minimum atomic E-state index is -1.75. The topological polar surface area (TPSA) is 108 Å². The lowest BCUT2D eigenvalue weighted by Gasteiger charge is -2.44. The highest BCUT2D eigenvalue weighted by Crippen LogP contribution is 2.36. The summed E-state index contributed by atoms with van der Waals surface area (Å²) in [5, 5.41) is 14.5. The zero-order valence-corrected chi connectivity index (χ0v) is 13.7. The van der Waals surface area contributed by atoms with Crippen LogP contribution in [0, 0.1) is 23.2 Å². The lowest BCUT2D eigenvalue weighted by molar-refractivity contribution is -0.159. The third-order valence-corrected chi connectivity index (χ3v) is 4.74. The van der Waals surface area contributed by atoms with Gasteiger partial charge in [0.25, 0.3) is 0 Å². The van der Waals surface area contributed by atoms with Crippen LogP contribution in [0.3, 0.4) is 0 Å². The molecule has 1 saturated carbocycles. The second kappa shape index (κ2) is 7.04. The molecule has 0 spiro atoms. The van der Waals surface area contributed by atoms with Crippen molar-refractivity contribution >= 4 is 35.0 Å². The Morgan fingerprint density at radius 3 is 2.70 bits per heavy atom. The average Bonchev–Trinajstić information content (AvgIpc) is 2.49. The monoisotopic (exact) mass is 337 g/mol. The standard InChI is InChI=1S/C15H19N3O4S/c1-22-13(21)15(9-6-4-2-3-5-7-11(9)19)10(8-16)12(20)17-14(23)18-15/h9-10H,2-7H2,1H3,(H2,17,18,20,23)/t9-,10-,15+/m1/s1. The van der Waals surface area contributed by atoms with Crippen molar-refractivity contribution in [3.05, 3.63) is 0 Å². The van der Waals surface area contributed by atoms with Crippen molar-refractivity contribution in [1.82, 2.24) is 10.6 Å². The summed E-state index contributed by atoms with van der Waals surface area (Å²) in [6, 6.07) is 1.85. The van der Waals surface area contributed by atoms with E-state index in [4.69, 9.17) is 17.0 Å². The lowest BCUT2D eigenvalue weighted by atomic mass is 9.67. The molecule has 0 bridgehead atoms. The van der Waals surface area contributed by atoms with Gasteiger partial charge in [-0.1, -0.05) is 19.3 Å². The van der Waals surface area contributed by atoms with E-state index in [1.165, 1.54) is 7.11 Å². The number of hydrogen-bond acceptors (Lipinski definition) is 6. The van der Waals surface area contributed by atoms with Gasteiger partial charge in [0.1, 0.15) is 5.78 Å². The van der Waals surface area contributed by atoms with Crippen LogP contribution in [0.5, 0.6) is 0 Å². The van der Waals surface area contributed by atoms with E-state index in [0.29, 0.717) is 12.8 Å². The highest BCUT2D eigenvalue weighted by molar-refractivity contribution is 7.80. The van der Waals surface area contributed by atoms with Crippen LogP contribution in [-0.2, 0) is 19.1 Å². The van der Waals surface area contributed by atoms with Gasteiger partial charge in [0, 0.05) is 6.42 Å². The fraction of sp³-hybridized carbons (Fsp3) is 0.667. The number of carbonyl (C=O) groups excluding carboxylic acids is 3. The molecule has 2 fully saturated rings. The van der Waals surface area contributed by atoms with E-state index < -0.39 is 29.3 Å². The number of amides is 1. The molecule has 0 aromatic carbocycles. The molecule has 1 aliphatic heterocycles. The van der Waals surface area contributed by atoms with E-state index in [0.717, 1.165) is 25.7 Å². The number of carbonyl (C=O) groups is 3. The largest absolute Gasteiger partial charge is 0.467 e. The molecule has 2 N–H and O–H groups in total. The van der Waals surface area contributed by atoms with Gasteiger partial charge < -0.3 is 15.4 Å². The van der Waals surface area contributed by atoms with Gasteiger partial charge in [0.15, 0.2) is 16.6 Å². The minimum Gasteiger partial charge on any atom is -0.467 e. The van der Waals surface area contributed by atoms with Gasteiger partial charge in [-0.2, -0.15) is 5.26 Å². The average molecular weight is 337 g/mol. The van der Waals surface area contributed by atoms with Crippen molar-refractivity contribution in [1.29, 1.82) is 5.26 Å². The summed E-state index contributed by atoms with van der Waals surface area (Å²) in [6.07, 6.45) is 4.10. The normalized spacial score (nSPS) is 31.9. The summed E-state index contributed by atoms with van der Waals surface area (Å²) in [7, 11) is 1.17. The van der Waals surface area contributed by atoms with Crippen LogP contribution in [-0.4, -0.2) is 35.4 Å². The predicted molar refractivity (Wildman–Crippen MR) is 83.9 cm³/mol. The molecule has 1 heterocycles. The summed E-state index contributed by atoms with van der Waals surface area (Å²) < 4.78 is 4.85. The van der Waals surface area contributed by atoms with Gasteiger partial charge in [0.05, 0.1) is 19.1 Å². The van der Waals surface area contributed by atoms with Crippen LogP contribution in [0.25, 0.3) is 0 Å². The first-order chi connectivity index (χ1) is 11.0. The van der Waals surface area contributed by atoms with Crippen LogP contribution >= 0.6 is 12.2 Å². The molecule has 0 aromatic heterocycles. The molecule has 0 aromatic rings. The number of hydrogen-bond donors (Lipinski definition) is 2. The Labute approximate surface area is 139 Å². The van der Waals surface area contributed by atoms with E-state index in [2.05, 4.69) is 10.6 Å². The second-order valence-corrected chi connectivity index (χ2v) is 6.25. The Hall–Kier alpha value is -2.01. The maximum atomic E-state index is 12.6. The zero-order valence-electron chi connectivity index (χ0n) is 12.9. The molecule has 0 unspecified atom stereocenters. The molecule has 3 atom stereocenters. The van der Waals surface area contributed by atoms with E-state index in [1.54, 1.807) is 0 Å². The number of Topliss-reactive ketones (excluding diaryl/α,β-unsaturated/α-hetero) is 1. The number of nitrogens with zero attached hydrogens (tertiary/aromatic N) is 1. The molecular formula is C15H19N3O4S. The Kier molecular flexibility index (Phi) is 5.31. The van der Waals surface area contributed by atoms with Crippen LogP contribution in [0.2, 0.25) is 0 Å². The fourth-order valence-corrected chi connectivity index (χ4v) is 3.70. The molecule has 2 aliphatic rings. The van der Waals surface area contributed by atoms with Gasteiger partial charge in [-0.05, 0) is 25.1 Å². The maximum absolute atomic E-state index is 12.6. The maximum Gasteiger partial charge on any atom is 0.334 e. The number of nitrogens with one attached hydrogen (secondary N) is 2. The molecule has 1 saturated heterocycles. The Morgan fingerprint density at radius 1 is 1.35 bits per heavy atom. The van der Waals surface area contributed by atoms with Crippen molar-refractivity contribution in [3.8, 4) is 6.07 Å². The zero-order chi connectivity index (χ0) is 17.0. The van der Waals surface area contributed by atoms with Crippen molar-refractivity contribution < 1.29 is 19.1 Å². The Balaban J connectivity index is 2.54. The summed E-state index contributed by atoms with van der Waals surface area (Å²) in [5.74, 6) is -3.82. The van der Waals surface area contributed by atoms with Crippen molar-refractivity contribution in [2.75, 3.05) is 7.11 Å². The molecule has 1 amide bonds. The number of nitriles is 1. The quantitative estimate of drug-likeness (QED) is 0.560.